The van der Waals surface area contributed by atoms with Crippen molar-refractivity contribution in [2.45, 2.75) is 58.5 Å². The van der Waals surface area contributed by atoms with Crippen LogP contribution in [-0.4, -0.2) is 24.8 Å². The average molecular weight is 281 g/mol. The topological polar surface area (TPSA) is 64.6 Å². The zero-order valence-corrected chi connectivity index (χ0v) is 12.7. The van der Waals surface area contributed by atoms with Crippen molar-refractivity contribution in [3.05, 3.63) is 11.3 Å². The molecule has 5 nitrogen and oxygen atoms in total. The molecule has 1 amide bonds. The molecular weight excluding hydrogens is 258 g/mol. The second-order valence-electron chi connectivity index (χ2n) is 6.80. The predicted molar refractivity (Wildman–Crippen MR) is 73.9 cm³/mol. The van der Waals surface area contributed by atoms with E-state index in [1.54, 1.807) is 20.8 Å². The predicted octanol–water partition coefficient (Wildman–Crippen LogP) is 2.90. The Kier molecular flexibility index (Phi) is 3.80. The van der Waals surface area contributed by atoms with Gasteiger partial charge in [-0.25, -0.2) is 9.59 Å². The maximum Gasteiger partial charge on any atom is 0.412 e. The van der Waals surface area contributed by atoms with Crippen molar-refractivity contribution >= 4 is 12.1 Å². The summed E-state index contributed by atoms with van der Waals surface area (Å²) in [4.78, 5) is 23.6. The lowest BCUT2D eigenvalue weighted by molar-refractivity contribution is -0.136. The lowest BCUT2D eigenvalue weighted by atomic mass is 9.54. The summed E-state index contributed by atoms with van der Waals surface area (Å²) < 4.78 is 9.93. The van der Waals surface area contributed by atoms with Gasteiger partial charge in [0, 0.05) is 0 Å². The molecule has 0 unspecified atom stereocenters. The van der Waals surface area contributed by atoms with E-state index in [1.807, 2.05) is 0 Å². The normalized spacial score (nSPS) is 19.7. The summed E-state index contributed by atoms with van der Waals surface area (Å²) in [6.45, 7) is 5.35. The number of methoxy groups -OCH3 is 1. The Bertz CT molecular complexity index is 445. The molecule has 2 fully saturated rings. The average Bonchev–Trinajstić information content (AvgIpc) is 2.20. The summed E-state index contributed by atoms with van der Waals surface area (Å²) in [7, 11) is 1.32. The van der Waals surface area contributed by atoms with Gasteiger partial charge in [0.1, 0.15) is 11.3 Å². The summed E-state index contributed by atoms with van der Waals surface area (Å²) in [5.41, 5.74) is 1.04. The zero-order chi connectivity index (χ0) is 15.0. The van der Waals surface area contributed by atoms with Gasteiger partial charge in [-0.1, -0.05) is 6.42 Å². The number of hydrogen-bond donors (Lipinski definition) is 1. The fourth-order valence-electron chi connectivity index (χ4n) is 2.85. The van der Waals surface area contributed by atoms with Gasteiger partial charge in [-0.2, -0.15) is 0 Å². The number of allylic oxidation sites excluding steroid dienone is 1. The molecule has 2 aliphatic carbocycles. The standard InChI is InChI=1S/C15H23NO4/c1-14(2,3)20-13(18)16-11(12(17)19-4)10-8-15(9-10)6-5-7-15/h5-9H2,1-4H3,(H,16,18). The van der Waals surface area contributed by atoms with Crippen molar-refractivity contribution in [1.29, 1.82) is 0 Å². The molecule has 0 aromatic carbocycles. The van der Waals surface area contributed by atoms with Crippen molar-refractivity contribution in [3.8, 4) is 0 Å². The molecule has 0 saturated heterocycles. The smallest absolute Gasteiger partial charge is 0.412 e. The third kappa shape index (κ3) is 3.14. The lowest BCUT2D eigenvalue weighted by Crippen LogP contribution is -2.42. The molecule has 1 spiro atoms. The monoisotopic (exact) mass is 281 g/mol. The summed E-state index contributed by atoms with van der Waals surface area (Å²) in [5.74, 6) is -0.500. The fraction of sp³-hybridized carbons (Fsp3) is 0.733. The maximum absolute atomic E-state index is 11.8. The van der Waals surface area contributed by atoms with Crippen molar-refractivity contribution in [2.24, 2.45) is 5.41 Å². The number of esters is 1. The number of nitrogens with one attached hydrogen (secondary N) is 1. The molecular formula is C15H23NO4. The largest absolute Gasteiger partial charge is 0.464 e. The molecule has 0 aromatic rings. The second-order valence-corrected chi connectivity index (χ2v) is 6.80. The number of amides is 1. The van der Waals surface area contributed by atoms with Gasteiger partial charge < -0.3 is 9.47 Å². The van der Waals surface area contributed by atoms with Gasteiger partial charge in [-0.3, -0.25) is 5.32 Å². The first-order chi connectivity index (χ1) is 9.25. The van der Waals surface area contributed by atoms with Gasteiger partial charge in [-0.05, 0) is 57.4 Å². The summed E-state index contributed by atoms with van der Waals surface area (Å²) in [6.07, 6.45) is 4.86. The molecule has 1 N–H and O–H groups in total. The molecule has 2 aliphatic rings. The van der Waals surface area contributed by atoms with E-state index in [9.17, 15) is 9.59 Å². The van der Waals surface area contributed by atoms with Crippen LogP contribution in [0.5, 0.6) is 0 Å². The highest BCUT2D eigenvalue weighted by molar-refractivity contribution is 5.93. The number of carbonyl (C=O) groups excluding carboxylic acids is 2. The van der Waals surface area contributed by atoms with Gasteiger partial charge in [0.05, 0.1) is 7.11 Å². The maximum atomic E-state index is 11.8. The first-order valence-corrected chi connectivity index (χ1v) is 7.05. The molecule has 2 saturated carbocycles. The minimum absolute atomic E-state index is 0.263. The van der Waals surface area contributed by atoms with Crippen LogP contribution < -0.4 is 5.32 Å². The minimum Gasteiger partial charge on any atom is -0.464 e. The van der Waals surface area contributed by atoms with Gasteiger partial charge in [0.25, 0.3) is 0 Å². The van der Waals surface area contributed by atoms with E-state index in [0.29, 0.717) is 5.41 Å². The molecule has 0 bridgehead atoms. The van der Waals surface area contributed by atoms with Crippen molar-refractivity contribution in [1.82, 2.24) is 5.32 Å². The lowest BCUT2D eigenvalue weighted by Gasteiger charge is -2.51. The third-order valence-corrected chi connectivity index (χ3v) is 3.96. The molecule has 112 valence electrons. The Morgan fingerprint density at radius 1 is 1.20 bits per heavy atom. The number of ether oxygens (including phenoxy) is 2. The van der Waals surface area contributed by atoms with Crippen molar-refractivity contribution < 1.29 is 19.1 Å². The van der Waals surface area contributed by atoms with Crippen LogP contribution in [0.4, 0.5) is 4.79 Å². The molecule has 0 atom stereocenters. The van der Waals surface area contributed by atoms with Gasteiger partial charge >= 0.3 is 12.1 Å². The fourth-order valence-corrected chi connectivity index (χ4v) is 2.85. The highest BCUT2D eigenvalue weighted by atomic mass is 16.6. The van der Waals surface area contributed by atoms with Crippen LogP contribution in [0.25, 0.3) is 0 Å². The van der Waals surface area contributed by atoms with Crippen LogP contribution in [0.2, 0.25) is 0 Å². The van der Waals surface area contributed by atoms with Crippen LogP contribution in [0.3, 0.4) is 0 Å². The highest BCUT2D eigenvalue weighted by Gasteiger charge is 2.47. The number of hydrogen-bond acceptors (Lipinski definition) is 4. The highest BCUT2D eigenvalue weighted by Crippen LogP contribution is 2.59. The van der Waals surface area contributed by atoms with E-state index in [2.05, 4.69) is 5.32 Å². The van der Waals surface area contributed by atoms with Gasteiger partial charge in [0.15, 0.2) is 0 Å². The van der Waals surface area contributed by atoms with E-state index in [0.717, 1.165) is 18.4 Å². The van der Waals surface area contributed by atoms with Gasteiger partial charge in [-0.15, -0.1) is 0 Å². The van der Waals surface area contributed by atoms with Crippen LogP contribution in [0, 0.1) is 5.41 Å². The quantitative estimate of drug-likeness (QED) is 0.624. The van der Waals surface area contributed by atoms with Crippen LogP contribution >= 0.6 is 0 Å². The Balaban J connectivity index is 2.04. The van der Waals surface area contributed by atoms with E-state index < -0.39 is 17.7 Å². The minimum atomic E-state index is -0.611. The van der Waals surface area contributed by atoms with Crippen LogP contribution in [0.15, 0.2) is 11.3 Å². The van der Waals surface area contributed by atoms with Crippen molar-refractivity contribution in [2.75, 3.05) is 7.11 Å². The first kappa shape index (κ1) is 14.9. The molecule has 0 heterocycles. The van der Waals surface area contributed by atoms with Gasteiger partial charge in [0.2, 0.25) is 0 Å². The Labute approximate surface area is 119 Å². The molecule has 0 aliphatic heterocycles. The number of rotatable bonds is 2. The molecule has 20 heavy (non-hydrogen) atoms. The summed E-state index contributed by atoms with van der Waals surface area (Å²) in [6, 6.07) is 0. The van der Waals surface area contributed by atoms with Crippen molar-refractivity contribution in [3.63, 3.8) is 0 Å². The molecule has 5 heteroatoms. The Morgan fingerprint density at radius 2 is 1.80 bits per heavy atom. The first-order valence-electron chi connectivity index (χ1n) is 7.05. The molecule has 0 radical (unpaired) electrons. The number of carbonyl (C=O) groups is 2. The third-order valence-electron chi connectivity index (χ3n) is 3.96. The summed E-state index contributed by atoms with van der Waals surface area (Å²) >= 11 is 0. The van der Waals surface area contributed by atoms with E-state index in [-0.39, 0.29) is 5.70 Å². The van der Waals surface area contributed by atoms with E-state index in [4.69, 9.17) is 9.47 Å². The summed E-state index contributed by atoms with van der Waals surface area (Å²) in [5, 5.41) is 2.56. The second kappa shape index (κ2) is 5.11. The van der Waals surface area contributed by atoms with Crippen LogP contribution in [-0.2, 0) is 14.3 Å². The number of alkyl carbamates (subject to hydrolysis) is 1. The van der Waals surface area contributed by atoms with Crippen LogP contribution in [0.1, 0.15) is 52.9 Å². The molecule has 2 rings (SSSR count). The van der Waals surface area contributed by atoms with E-state index in [1.165, 1.54) is 26.4 Å². The Morgan fingerprint density at radius 3 is 2.20 bits per heavy atom. The zero-order valence-electron chi connectivity index (χ0n) is 12.7. The Hall–Kier alpha value is -1.52. The molecule has 0 aromatic heterocycles. The SMILES string of the molecule is COC(=O)C(NC(=O)OC(C)(C)C)=C1CC2(CCC2)C1. The van der Waals surface area contributed by atoms with E-state index >= 15 is 0 Å².